The summed E-state index contributed by atoms with van der Waals surface area (Å²) < 4.78 is 0. The Morgan fingerprint density at radius 3 is 1.09 bits per heavy atom. The number of hydrogen-bond acceptors (Lipinski definition) is 0. The maximum absolute atomic E-state index is 2.86. The predicted octanol–water partition coefficient (Wildman–Crippen LogP) is 21.1. The molecule has 0 amide bonds. The minimum Gasteiger partial charge on any atom is -0.0654 e. The fourth-order valence-electron chi connectivity index (χ4n) is 12.6. The normalized spacial score (nSPS) is 16.2. The van der Waals surface area contributed by atoms with Crippen molar-refractivity contribution in [3.8, 4) is 0 Å². The van der Waals surface area contributed by atoms with Crippen LogP contribution >= 0.6 is 0 Å². The second-order valence-corrected chi connectivity index (χ2v) is 22.3. The molecule has 0 aliphatic carbocycles. The van der Waals surface area contributed by atoms with E-state index in [1.165, 1.54) is 225 Å². The summed E-state index contributed by atoms with van der Waals surface area (Å²) in [5.41, 5.74) is 1.64. The Morgan fingerprint density at radius 2 is 0.732 bits per heavy atom. The van der Waals surface area contributed by atoms with E-state index < -0.39 is 0 Å². The molecule has 0 saturated carbocycles. The van der Waals surface area contributed by atoms with Crippen molar-refractivity contribution in [3.05, 3.63) is 0 Å². The van der Waals surface area contributed by atoms with Crippen LogP contribution in [0.15, 0.2) is 0 Å². The van der Waals surface area contributed by atoms with Gasteiger partial charge in [0.15, 0.2) is 0 Å². The summed E-state index contributed by atoms with van der Waals surface area (Å²) in [4.78, 5) is 0. The predicted molar refractivity (Wildman–Crippen MR) is 260 cm³/mol. The van der Waals surface area contributed by atoms with Crippen molar-refractivity contribution in [1.82, 2.24) is 0 Å². The lowest BCUT2D eigenvalue weighted by Gasteiger charge is -2.67. The number of unbranched alkanes of at least 4 members (excludes halogenated alkanes) is 20. The third-order valence-electron chi connectivity index (χ3n) is 16.1. The van der Waals surface area contributed by atoms with E-state index in [0.717, 1.165) is 11.8 Å². The molecule has 4 atom stereocenters. The zero-order valence-electron chi connectivity index (χ0n) is 42.4. The molecule has 0 aromatic heterocycles. The Balaban J connectivity index is 7.79. The summed E-state index contributed by atoms with van der Waals surface area (Å²) in [5, 5.41) is 0. The summed E-state index contributed by atoms with van der Waals surface area (Å²) in [5.74, 6) is 1.65. The fraction of sp³-hybridized carbons (Fsp3) is 1.00. The van der Waals surface area contributed by atoms with Crippen LogP contribution in [0.4, 0.5) is 0 Å². The molecule has 0 bridgehead atoms. The van der Waals surface area contributed by atoms with Crippen molar-refractivity contribution in [2.75, 3.05) is 0 Å². The first kappa shape index (κ1) is 56.0. The zero-order valence-corrected chi connectivity index (χ0v) is 42.4. The number of hydrogen-bond donors (Lipinski definition) is 0. The average Bonchev–Trinajstić information content (AvgIpc) is 3.14. The van der Waals surface area contributed by atoms with Crippen LogP contribution in [0.1, 0.15) is 322 Å². The molecule has 0 heteroatoms. The first-order chi connectivity index (χ1) is 26.6. The Bertz CT molecular complexity index is 861. The molecule has 0 fully saturated rings. The van der Waals surface area contributed by atoms with Gasteiger partial charge in [0.25, 0.3) is 0 Å². The van der Waals surface area contributed by atoms with Gasteiger partial charge in [0.05, 0.1) is 0 Å². The molecule has 0 aromatic carbocycles. The fourth-order valence-corrected chi connectivity index (χ4v) is 12.6. The van der Waals surface area contributed by atoms with Gasteiger partial charge in [-0.2, -0.15) is 0 Å². The van der Waals surface area contributed by atoms with Crippen molar-refractivity contribution in [3.63, 3.8) is 0 Å². The molecule has 4 unspecified atom stereocenters. The van der Waals surface area contributed by atoms with Gasteiger partial charge in [-0.05, 0) is 77.4 Å². The largest absolute Gasteiger partial charge is 0.0654 e. The summed E-state index contributed by atoms with van der Waals surface area (Å²) in [7, 11) is 0. The molecule has 338 valence electrons. The van der Waals surface area contributed by atoms with Gasteiger partial charge in [-0.1, -0.05) is 283 Å². The molecule has 0 N–H and O–H groups in total. The summed E-state index contributed by atoms with van der Waals surface area (Å²) >= 11 is 0. The molecule has 0 nitrogen and oxygen atoms in total. The molecule has 0 saturated heterocycles. The van der Waals surface area contributed by atoms with E-state index in [2.05, 4.69) is 96.9 Å². The van der Waals surface area contributed by atoms with Gasteiger partial charge in [-0.15, -0.1) is 0 Å². The summed E-state index contributed by atoms with van der Waals surface area (Å²) in [6.07, 6.45) is 49.7. The highest BCUT2D eigenvalue weighted by atomic mass is 14.7. The van der Waals surface area contributed by atoms with E-state index >= 15 is 0 Å². The standard InChI is InChI=1S/C56H114/c1-15-22-26-29-32-35-37-40-45-55(44-39-36-33-30-27-23-16-2,54(13,14)49-52(9,10)21-7)56(48-51(20-6)43-25-18-4,46-41-38-34-31-28-24-17-3)53(11,12)47-50(8)42-19-5/h50-51H,15-49H2,1-14H3. The van der Waals surface area contributed by atoms with Crippen LogP contribution in [0.25, 0.3) is 0 Å². The van der Waals surface area contributed by atoms with E-state index in [1.807, 2.05) is 0 Å². The van der Waals surface area contributed by atoms with Crippen molar-refractivity contribution >= 4 is 0 Å². The van der Waals surface area contributed by atoms with Gasteiger partial charge in [-0.25, -0.2) is 0 Å². The van der Waals surface area contributed by atoms with E-state index in [9.17, 15) is 0 Å². The first-order valence-electron chi connectivity index (χ1n) is 26.6. The van der Waals surface area contributed by atoms with Gasteiger partial charge < -0.3 is 0 Å². The van der Waals surface area contributed by atoms with Crippen molar-refractivity contribution < 1.29 is 0 Å². The van der Waals surface area contributed by atoms with Gasteiger partial charge in [0.2, 0.25) is 0 Å². The van der Waals surface area contributed by atoms with Gasteiger partial charge in [-0.3, -0.25) is 0 Å². The van der Waals surface area contributed by atoms with E-state index in [-0.39, 0.29) is 5.41 Å². The lowest BCUT2D eigenvalue weighted by atomic mass is 9.37. The lowest BCUT2D eigenvalue weighted by molar-refractivity contribution is -0.187. The van der Waals surface area contributed by atoms with Crippen LogP contribution in [0.5, 0.6) is 0 Å². The zero-order chi connectivity index (χ0) is 42.4. The molecular weight excluding hydrogens is 673 g/mol. The smallest absolute Gasteiger partial charge is 0.0182 e. The molecule has 0 rings (SSSR count). The highest BCUT2D eigenvalue weighted by molar-refractivity contribution is 5.12. The van der Waals surface area contributed by atoms with Gasteiger partial charge >= 0.3 is 0 Å². The minimum absolute atomic E-state index is 0.283. The SMILES string of the molecule is CCCCCCCCCCC(CCCCCCCCC)(C(C)(C)CC(C)(C)CC)C(CCCCCCCCC)(CC(CC)CCCC)C(C)(C)CC(C)CCC. The van der Waals surface area contributed by atoms with Gasteiger partial charge in [0, 0.05) is 0 Å². The van der Waals surface area contributed by atoms with E-state index in [0.29, 0.717) is 21.7 Å². The first-order valence-corrected chi connectivity index (χ1v) is 26.6. The number of rotatable bonds is 41. The molecule has 0 aromatic rings. The van der Waals surface area contributed by atoms with Crippen LogP contribution in [-0.4, -0.2) is 0 Å². The second kappa shape index (κ2) is 31.8. The highest BCUT2D eigenvalue weighted by Gasteiger charge is 2.63. The van der Waals surface area contributed by atoms with E-state index in [1.54, 1.807) is 0 Å². The molecule has 0 aliphatic heterocycles. The maximum atomic E-state index is 2.86. The molecule has 0 aliphatic rings. The van der Waals surface area contributed by atoms with Crippen molar-refractivity contribution in [2.45, 2.75) is 322 Å². The van der Waals surface area contributed by atoms with Gasteiger partial charge in [0.1, 0.15) is 0 Å². The maximum Gasteiger partial charge on any atom is -0.0182 e. The Kier molecular flexibility index (Phi) is 31.8. The molecule has 0 heterocycles. The molecule has 0 radical (unpaired) electrons. The van der Waals surface area contributed by atoms with Crippen molar-refractivity contribution in [1.29, 1.82) is 0 Å². The lowest BCUT2D eigenvalue weighted by Crippen LogP contribution is -2.60. The third-order valence-corrected chi connectivity index (χ3v) is 16.1. The Morgan fingerprint density at radius 1 is 0.357 bits per heavy atom. The van der Waals surface area contributed by atoms with Crippen LogP contribution in [0, 0.1) is 38.9 Å². The van der Waals surface area contributed by atoms with Crippen LogP contribution in [0.2, 0.25) is 0 Å². The van der Waals surface area contributed by atoms with Crippen LogP contribution in [-0.2, 0) is 0 Å². The minimum atomic E-state index is 0.283. The van der Waals surface area contributed by atoms with Crippen LogP contribution in [0.3, 0.4) is 0 Å². The molecular formula is C56H114. The molecule has 0 spiro atoms. The quantitative estimate of drug-likeness (QED) is 0.0542. The molecule has 56 heavy (non-hydrogen) atoms. The Labute approximate surface area is 359 Å². The topological polar surface area (TPSA) is 0 Å². The van der Waals surface area contributed by atoms with Crippen LogP contribution < -0.4 is 0 Å². The highest BCUT2D eigenvalue weighted by Crippen LogP contribution is 2.71. The third kappa shape index (κ3) is 20.5. The monoisotopic (exact) mass is 787 g/mol. The average molecular weight is 788 g/mol. The van der Waals surface area contributed by atoms with E-state index in [4.69, 9.17) is 0 Å². The summed E-state index contributed by atoms with van der Waals surface area (Å²) in [6, 6.07) is 0. The Hall–Kier alpha value is 0. The van der Waals surface area contributed by atoms with Crippen molar-refractivity contribution in [2.24, 2.45) is 38.9 Å². The second-order valence-electron chi connectivity index (χ2n) is 22.3. The summed E-state index contributed by atoms with van der Waals surface area (Å²) in [6.45, 7) is 36.4.